The van der Waals surface area contributed by atoms with Crippen molar-refractivity contribution in [2.24, 2.45) is 0 Å². The molecule has 1 aromatic heterocycles. The first-order chi connectivity index (χ1) is 22.9. The van der Waals surface area contributed by atoms with Crippen molar-refractivity contribution in [3.63, 3.8) is 0 Å². The molecular formula is C36H36Cl2N6O3. The lowest BCUT2D eigenvalue weighted by atomic mass is 9.96. The van der Waals surface area contributed by atoms with Crippen molar-refractivity contribution < 1.29 is 14.3 Å². The molecule has 3 fully saturated rings. The summed E-state index contributed by atoms with van der Waals surface area (Å²) in [4.78, 5) is 28.8. The molecule has 9 nitrogen and oxygen atoms in total. The summed E-state index contributed by atoms with van der Waals surface area (Å²) in [7, 11) is 2.11. The topological polar surface area (TPSA) is 94.8 Å². The quantitative estimate of drug-likeness (QED) is 0.178. The van der Waals surface area contributed by atoms with Crippen molar-refractivity contribution in [2.75, 3.05) is 44.7 Å². The zero-order valence-corrected chi connectivity index (χ0v) is 27.8. The SMILES string of the molecule is C=CC(=O)N1CCN(c2nc(OC[C@@H]3CCCN3C)nc3c(OC4CC4)c(-c4cccc5cccc(Cl)c45)c(Cl)cc23)C[C@@H]1CC#N. The predicted molar refractivity (Wildman–Crippen MR) is 185 cm³/mol. The van der Waals surface area contributed by atoms with Crippen LogP contribution in [0.25, 0.3) is 32.8 Å². The summed E-state index contributed by atoms with van der Waals surface area (Å²) in [6.07, 6.45) is 5.57. The van der Waals surface area contributed by atoms with Gasteiger partial charge in [0.05, 0.1) is 29.7 Å². The van der Waals surface area contributed by atoms with Crippen LogP contribution in [0.1, 0.15) is 32.1 Å². The Balaban J connectivity index is 1.41. The van der Waals surface area contributed by atoms with Gasteiger partial charge in [0.1, 0.15) is 17.9 Å². The zero-order chi connectivity index (χ0) is 32.7. The van der Waals surface area contributed by atoms with Gasteiger partial charge in [0.2, 0.25) is 5.91 Å². The molecule has 1 amide bonds. The second kappa shape index (κ2) is 13.2. The molecule has 2 aliphatic heterocycles. The molecule has 3 aliphatic rings. The number of rotatable bonds is 9. The predicted octanol–water partition coefficient (Wildman–Crippen LogP) is 6.89. The molecule has 2 saturated heterocycles. The van der Waals surface area contributed by atoms with Gasteiger partial charge in [-0.25, -0.2) is 0 Å². The van der Waals surface area contributed by atoms with E-state index in [1.54, 1.807) is 4.90 Å². The van der Waals surface area contributed by atoms with Gasteiger partial charge in [-0.2, -0.15) is 15.2 Å². The Morgan fingerprint density at radius 1 is 1.09 bits per heavy atom. The third-order valence-electron chi connectivity index (χ3n) is 9.43. The molecule has 0 bridgehead atoms. The summed E-state index contributed by atoms with van der Waals surface area (Å²) in [6.45, 7) is 6.46. The molecule has 7 rings (SSSR count). The van der Waals surface area contributed by atoms with Gasteiger partial charge in [0, 0.05) is 47.0 Å². The van der Waals surface area contributed by atoms with Crippen LogP contribution in [0.5, 0.6) is 11.8 Å². The van der Waals surface area contributed by atoms with E-state index in [0.717, 1.165) is 54.1 Å². The van der Waals surface area contributed by atoms with E-state index in [9.17, 15) is 10.1 Å². The lowest BCUT2D eigenvalue weighted by Crippen LogP contribution is -2.55. The number of amides is 1. The van der Waals surface area contributed by atoms with Gasteiger partial charge in [-0.05, 0) is 68.4 Å². The summed E-state index contributed by atoms with van der Waals surface area (Å²) in [5.41, 5.74) is 2.18. The number of fused-ring (bicyclic) bond motifs is 2. The third-order valence-corrected chi connectivity index (χ3v) is 10.0. The van der Waals surface area contributed by atoms with E-state index in [4.69, 9.17) is 42.6 Å². The average Bonchev–Trinajstić information content (AvgIpc) is 3.80. The molecule has 11 heteroatoms. The van der Waals surface area contributed by atoms with E-state index in [2.05, 4.69) is 29.5 Å². The zero-order valence-electron chi connectivity index (χ0n) is 26.3. The molecule has 47 heavy (non-hydrogen) atoms. The first kappa shape index (κ1) is 31.5. The van der Waals surface area contributed by atoms with Gasteiger partial charge in [0.15, 0.2) is 5.75 Å². The highest BCUT2D eigenvalue weighted by Crippen LogP contribution is 2.49. The fourth-order valence-corrected chi connectivity index (χ4v) is 7.37. The van der Waals surface area contributed by atoms with Crippen LogP contribution in [0, 0.1) is 11.3 Å². The summed E-state index contributed by atoms with van der Waals surface area (Å²) < 4.78 is 13.1. The minimum Gasteiger partial charge on any atom is -0.487 e. The van der Waals surface area contributed by atoms with Crippen molar-refractivity contribution >= 4 is 56.6 Å². The second-order valence-corrected chi connectivity index (χ2v) is 13.3. The van der Waals surface area contributed by atoms with Crippen LogP contribution in [0.15, 0.2) is 55.1 Å². The van der Waals surface area contributed by atoms with Crippen LogP contribution < -0.4 is 14.4 Å². The molecule has 242 valence electrons. The van der Waals surface area contributed by atoms with Gasteiger partial charge >= 0.3 is 6.01 Å². The van der Waals surface area contributed by atoms with Gasteiger partial charge in [-0.3, -0.25) is 4.79 Å². The Labute approximate surface area is 284 Å². The number of likely N-dealkylation sites (N-methyl/N-ethyl adjacent to an activating group) is 1. The van der Waals surface area contributed by atoms with Crippen LogP contribution in [0.4, 0.5) is 5.82 Å². The van der Waals surface area contributed by atoms with E-state index in [1.165, 1.54) is 6.08 Å². The average molecular weight is 672 g/mol. The number of likely N-dealkylation sites (tertiary alicyclic amines) is 1. The maximum atomic E-state index is 12.7. The van der Waals surface area contributed by atoms with Crippen LogP contribution in [0.2, 0.25) is 10.0 Å². The summed E-state index contributed by atoms with van der Waals surface area (Å²) in [5, 5.41) is 13.3. The third kappa shape index (κ3) is 6.18. The number of hydrogen-bond acceptors (Lipinski definition) is 8. The van der Waals surface area contributed by atoms with Crippen molar-refractivity contribution in [1.82, 2.24) is 19.8 Å². The molecule has 3 aromatic carbocycles. The van der Waals surface area contributed by atoms with Crippen molar-refractivity contribution in [2.45, 2.75) is 50.3 Å². The molecule has 1 aliphatic carbocycles. The van der Waals surface area contributed by atoms with Crippen LogP contribution in [-0.2, 0) is 4.79 Å². The van der Waals surface area contributed by atoms with E-state index in [-0.39, 0.29) is 36.5 Å². The second-order valence-electron chi connectivity index (χ2n) is 12.5. The minimum absolute atomic E-state index is 0.0456. The number of halogens is 2. The normalized spacial score (nSPS) is 20.0. The smallest absolute Gasteiger partial charge is 0.319 e. The summed E-state index contributed by atoms with van der Waals surface area (Å²) in [6, 6.07) is 16.2. The van der Waals surface area contributed by atoms with Crippen molar-refractivity contribution in [3.05, 3.63) is 65.2 Å². The van der Waals surface area contributed by atoms with Gasteiger partial charge in [-0.15, -0.1) is 0 Å². The van der Waals surface area contributed by atoms with Crippen molar-refractivity contribution in [1.29, 1.82) is 5.26 Å². The Kier molecular flexibility index (Phi) is 8.84. The number of nitriles is 1. The summed E-state index contributed by atoms with van der Waals surface area (Å²) in [5.74, 6) is 1.01. The number of carbonyl (C=O) groups is 1. The molecule has 4 aromatic rings. The minimum atomic E-state index is -0.337. The fraction of sp³-hybridized carbons (Fsp3) is 0.389. The number of nitrogens with zero attached hydrogens (tertiary/aromatic N) is 6. The highest BCUT2D eigenvalue weighted by Gasteiger charge is 2.34. The number of hydrogen-bond donors (Lipinski definition) is 0. The molecule has 0 N–H and O–H groups in total. The molecule has 2 atom stereocenters. The van der Waals surface area contributed by atoms with Gasteiger partial charge in [0.25, 0.3) is 0 Å². The largest absolute Gasteiger partial charge is 0.487 e. The molecule has 3 heterocycles. The molecule has 0 spiro atoms. The van der Waals surface area contributed by atoms with Gasteiger partial charge in [-0.1, -0.05) is 60.1 Å². The maximum Gasteiger partial charge on any atom is 0.319 e. The van der Waals surface area contributed by atoms with Crippen LogP contribution in [0.3, 0.4) is 0 Å². The first-order valence-corrected chi connectivity index (χ1v) is 16.9. The highest BCUT2D eigenvalue weighted by molar-refractivity contribution is 6.38. The monoisotopic (exact) mass is 670 g/mol. The highest BCUT2D eigenvalue weighted by atomic mass is 35.5. The van der Waals surface area contributed by atoms with E-state index < -0.39 is 0 Å². The Morgan fingerprint density at radius 2 is 1.89 bits per heavy atom. The number of benzene rings is 3. The molecule has 1 saturated carbocycles. The Hall–Kier alpha value is -4.10. The number of carbonyl (C=O) groups excluding carboxylic acids is 1. The lowest BCUT2D eigenvalue weighted by Gasteiger charge is -2.41. The number of piperazine rings is 1. The number of aromatic nitrogens is 2. The standard InChI is InChI=1S/C36H36Cl2N6O3/c1-3-30(45)44-18-17-43(20-23(44)14-15-39)35-27-19-29(38)32(26-10-4-7-22-8-5-11-28(37)31(22)26)34(47-25-12-13-25)33(27)40-36(41-35)46-21-24-9-6-16-42(24)2/h3-5,7-8,10-11,19,23-25H,1,6,9,12-14,16-18,20-21H2,2H3/t23-,24-/m0/s1. The van der Waals surface area contributed by atoms with Crippen LogP contribution in [-0.4, -0.2) is 83.7 Å². The molecular weight excluding hydrogens is 635 g/mol. The van der Waals surface area contributed by atoms with E-state index in [1.807, 2.05) is 42.5 Å². The molecule has 0 radical (unpaired) electrons. The Bertz CT molecular complexity index is 1900. The first-order valence-electron chi connectivity index (χ1n) is 16.1. The van der Waals surface area contributed by atoms with E-state index >= 15 is 0 Å². The van der Waals surface area contributed by atoms with Crippen molar-refractivity contribution in [3.8, 4) is 29.0 Å². The number of ether oxygens (including phenoxy) is 2. The Morgan fingerprint density at radius 3 is 2.62 bits per heavy atom. The summed E-state index contributed by atoms with van der Waals surface area (Å²) >= 11 is 14.0. The molecule has 0 unspecified atom stereocenters. The maximum absolute atomic E-state index is 12.7. The fourth-order valence-electron chi connectivity index (χ4n) is 6.79. The van der Waals surface area contributed by atoms with Gasteiger partial charge < -0.3 is 24.2 Å². The lowest BCUT2D eigenvalue weighted by molar-refractivity contribution is -0.128. The van der Waals surface area contributed by atoms with E-state index in [0.29, 0.717) is 58.8 Å². The van der Waals surface area contributed by atoms with Crippen LogP contribution >= 0.6 is 23.2 Å². The number of anilines is 1.